The Morgan fingerprint density at radius 2 is 1.91 bits per heavy atom. The number of nitrogens with two attached hydrogens (primary N) is 1. The fourth-order valence-corrected chi connectivity index (χ4v) is 6.64. The first kappa shape index (κ1) is 23.8. The van der Waals surface area contributed by atoms with Gasteiger partial charge in [0.05, 0.1) is 22.7 Å². The molecule has 2 aliphatic heterocycles. The van der Waals surface area contributed by atoms with E-state index >= 15 is 4.39 Å². The number of anilines is 1. The highest BCUT2D eigenvalue weighted by Crippen LogP contribution is 2.44. The maximum Gasteiger partial charge on any atom is 0.247 e. The topological polar surface area (TPSA) is 122 Å². The number of thiazole rings is 1. The number of primary amides is 1. The number of rotatable bonds is 6. The molecule has 0 saturated carbocycles. The number of sulfone groups is 1. The minimum Gasteiger partial charge on any atom is -0.369 e. The molecule has 2 saturated heterocycles. The van der Waals surface area contributed by atoms with Crippen molar-refractivity contribution in [2.24, 2.45) is 5.73 Å². The van der Waals surface area contributed by atoms with Gasteiger partial charge in [-0.15, -0.1) is 0 Å². The Balaban J connectivity index is 1.68. The highest BCUT2D eigenvalue weighted by atomic mass is 32.2. The van der Waals surface area contributed by atoms with Gasteiger partial charge in [0.1, 0.15) is 5.82 Å². The average Bonchev–Trinajstić information content (AvgIpc) is 3.33. The Bertz CT molecular complexity index is 1400. The molecule has 0 radical (unpaired) electrons. The number of piperazine rings is 1. The molecule has 2 N–H and O–H groups in total. The first-order valence-electron chi connectivity index (χ1n) is 11.2. The number of hydrogen-bond acceptors (Lipinski definition) is 9. The van der Waals surface area contributed by atoms with E-state index in [1.807, 2.05) is 0 Å². The van der Waals surface area contributed by atoms with E-state index in [0.29, 0.717) is 28.3 Å². The van der Waals surface area contributed by atoms with E-state index in [2.05, 4.69) is 26.8 Å². The monoisotopic (exact) mass is 516 g/mol. The van der Waals surface area contributed by atoms with Crippen molar-refractivity contribution in [3.63, 3.8) is 0 Å². The third kappa shape index (κ3) is 4.53. The lowest BCUT2D eigenvalue weighted by Gasteiger charge is -2.39. The lowest BCUT2D eigenvalue weighted by atomic mass is 10.0. The summed E-state index contributed by atoms with van der Waals surface area (Å²) < 4.78 is 39.8. The lowest BCUT2D eigenvalue weighted by Crippen LogP contribution is -2.52. The van der Waals surface area contributed by atoms with Gasteiger partial charge >= 0.3 is 0 Å². The minimum atomic E-state index is -3.65. The summed E-state index contributed by atoms with van der Waals surface area (Å²) in [6, 6.07) is 6.96. The number of hydrogen-bond donors (Lipinski definition) is 1. The number of carbonyl (C=O) groups excluding carboxylic acids is 1. The maximum absolute atomic E-state index is 15.6. The predicted molar refractivity (Wildman–Crippen MR) is 131 cm³/mol. The summed E-state index contributed by atoms with van der Waals surface area (Å²) >= 11 is 1.36. The number of likely N-dealkylation sites (N-methyl/N-ethyl adjacent to an activating group) is 1. The largest absolute Gasteiger partial charge is 0.369 e. The quantitative estimate of drug-likeness (QED) is 0.495. The van der Waals surface area contributed by atoms with Crippen molar-refractivity contribution in [1.82, 2.24) is 19.9 Å². The van der Waals surface area contributed by atoms with Crippen LogP contribution in [0.25, 0.3) is 21.8 Å². The summed E-state index contributed by atoms with van der Waals surface area (Å²) in [5, 5.41) is 0.438. The standard InChI is InChI=1S/C23H25FN6O3S2/c1-29-11-14-6-7-15(12-29)30(14)23-28-20(16-5-3-4-13(19(16)24)10-18(25)31)21(34-23)17-8-9-26-22(27-17)35(2,32)33/h3-5,8-9,14-15H,6-7,10-12H2,1-2H3,(H2,25,31). The molecule has 184 valence electrons. The van der Waals surface area contributed by atoms with E-state index < -0.39 is 21.6 Å². The number of amides is 1. The van der Waals surface area contributed by atoms with Crippen molar-refractivity contribution in [3.8, 4) is 21.8 Å². The van der Waals surface area contributed by atoms with Crippen LogP contribution in [0, 0.1) is 5.82 Å². The van der Waals surface area contributed by atoms with Crippen LogP contribution in [0.15, 0.2) is 35.6 Å². The van der Waals surface area contributed by atoms with Crippen molar-refractivity contribution in [2.75, 3.05) is 31.3 Å². The fraction of sp³-hybridized carbons (Fsp3) is 0.391. The van der Waals surface area contributed by atoms with E-state index in [0.717, 1.165) is 37.3 Å². The maximum atomic E-state index is 15.6. The molecule has 35 heavy (non-hydrogen) atoms. The summed E-state index contributed by atoms with van der Waals surface area (Å²) in [5.41, 5.74) is 6.39. The van der Waals surface area contributed by atoms with Crippen LogP contribution >= 0.6 is 11.3 Å². The molecular formula is C23H25FN6O3S2. The van der Waals surface area contributed by atoms with Crippen molar-refractivity contribution in [2.45, 2.75) is 36.5 Å². The summed E-state index contributed by atoms with van der Waals surface area (Å²) in [4.78, 5) is 29.7. The number of likely N-dealkylation sites (tertiary alicyclic amines) is 1. The Labute approximate surface area is 206 Å². The molecule has 2 bridgehead atoms. The van der Waals surface area contributed by atoms with E-state index in [1.54, 1.807) is 18.2 Å². The van der Waals surface area contributed by atoms with Crippen LogP contribution in [-0.2, 0) is 21.1 Å². The van der Waals surface area contributed by atoms with Crippen molar-refractivity contribution < 1.29 is 17.6 Å². The van der Waals surface area contributed by atoms with Gasteiger partial charge in [-0.3, -0.25) is 4.79 Å². The van der Waals surface area contributed by atoms with Gasteiger partial charge in [-0.25, -0.2) is 27.8 Å². The molecule has 0 aliphatic carbocycles. The normalized spacial score (nSPS) is 20.4. The summed E-state index contributed by atoms with van der Waals surface area (Å²) in [7, 11) is -1.54. The zero-order valence-corrected chi connectivity index (χ0v) is 20.9. The molecule has 1 amide bonds. The fourth-order valence-electron chi connectivity index (χ4n) is 4.93. The second kappa shape index (κ2) is 8.92. The second-order valence-electron chi connectivity index (χ2n) is 9.11. The van der Waals surface area contributed by atoms with Gasteiger partial charge in [-0.2, -0.15) is 0 Å². The summed E-state index contributed by atoms with van der Waals surface area (Å²) in [6.07, 6.45) is 4.28. The third-order valence-corrected chi connectivity index (χ3v) is 8.35. The zero-order chi connectivity index (χ0) is 24.9. The molecule has 4 heterocycles. The third-order valence-electron chi connectivity index (χ3n) is 6.40. The molecule has 3 aromatic rings. The molecule has 2 aliphatic rings. The number of carbonyl (C=O) groups is 1. The minimum absolute atomic E-state index is 0.176. The molecule has 12 heteroatoms. The SMILES string of the molecule is CN1CC2CCC(C1)N2c1nc(-c2cccc(CC(N)=O)c2F)c(-c2ccnc(S(C)(=O)=O)n2)s1. The van der Waals surface area contributed by atoms with Crippen LogP contribution in [0.4, 0.5) is 9.52 Å². The number of halogens is 1. The van der Waals surface area contributed by atoms with Crippen LogP contribution < -0.4 is 10.6 Å². The smallest absolute Gasteiger partial charge is 0.247 e. The van der Waals surface area contributed by atoms with E-state index in [1.165, 1.54) is 23.6 Å². The molecule has 2 unspecified atom stereocenters. The highest BCUT2D eigenvalue weighted by Gasteiger charge is 2.41. The Hall–Kier alpha value is -2.96. The van der Waals surface area contributed by atoms with Crippen LogP contribution in [0.2, 0.25) is 0 Å². The van der Waals surface area contributed by atoms with Crippen molar-refractivity contribution in [1.29, 1.82) is 0 Å². The van der Waals surface area contributed by atoms with Crippen LogP contribution in [0.5, 0.6) is 0 Å². The lowest BCUT2D eigenvalue weighted by molar-refractivity contribution is -0.117. The molecule has 2 fully saturated rings. The molecule has 2 aromatic heterocycles. The zero-order valence-electron chi connectivity index (χ0n) is 19.3. The van der Waals surface area contributed by atoms with Crippen LogP contribution in [-0.4, -0.2) is 72.7 Å². The molecule has 9 nitrogen and oxygen atoms in total. The Morgan fingerprint density at radius 3 is 2.57 bits per heavy atom. The Kier molecular flexibility index (Phi) is 6.06. The van der Waals surface area contributed by atoms with E-state index in [4.69, 9.17) is 10.7 Å². The van der Waals surface area contributed by atoms with Gasteiger partial charge in [0.2, 0.25) is 20.9 Å². The average molecular weight is 517 g/mol. The van der Waals surface area contributed by atoms with Crippen LogP contribution in [0.1, 0.15) is 18.4 Å². The highest BCUT2D eigenvalue weighted by molar-refractivity contribution is 7.90. The predicted octanol–water partition coefficient (Wildman–Crippen LogP) is 2.12. The van der Waals surface area contributed by atoms with Crippen molar-refractivity contribution in [3.05, 3.63) is 41.8 Å². The number of nitrogens with zero attached hydrogens (tertiary/aromatic N) is 5. The van der Waals surface area contributed by atoms with E-state index in [9.17, 15) is 13.2 Å². The van der Waals surface area contributed by atoms with Gasteiger partial charge in [0.25, 0.3) is 0 Å². The summed E-state index contributed by atoms with van der Waals surface area (Å²) in [6.45, 7) is 1.82. The van der Waals surface area contributed by atoms with Crippen molar-refractivity contribution >= 4 is 32.2 Å². The molecule has 1 aromatic carbocycles. The van der Waals surface area contributed by atoms with Gasteiger partial charge in [-0.1, -0.05) is 23.5 Å². The van der Waals surface area contributed by atoms with E-state index in [-0.39, 0.29) is 22.7 Å². The second-order valence-corrected chi connectivity index (χ2v) is 12.0. The molecule has 5 rings (SSSR count). The first-order valence-corrected chi connectivity index (χ1v) is 13.9. The van der Waals surface area contributed by atoms with Gasteiger partial charge in [0, 0.05) is 43.2 Å². The number of aromatic nitrogens is 3. The first-order chi connectivity index (χ1) is 16.6. The number of benzene rings is 1. The van der Waals surface area contributed by atoms with Gasteiger partial charge in [-0.05, 0) is 37.6 Å². The molecular weight excluding hydrogens is 491 g/mol. The molecule has 0 spiro atoms. The number of fused-ring (bicyclic) bond motifs is 2. The Morgan fingerprint density at radius 1 is 1.20 bits per heavy atom. The van der Waals surface area contributed by atoms with Crippen LogP contribution in [0.3, 0.4) is 0 Å². The van der Waals surface area contributed by atoms with Gasteiger partial charge < -0.3 is 15.5 Å². The van der Waals surface area contributed by atoms with Gasteiger partial charge in [0.15, 0.2) is 5.13 Å². The summed E-state index contributed by atoms with van der Waals surface area (Å²) in [5.74, 6) is -1.22. The molecule has 2 atom stereocenters.